The van der Waals surface area contributed by atoms with Crippen LogP contribution in [0.3, 0.4) is 0 Å². The lowest BCUT2D eigenvalue weighted by atomic mass is 10.2. The topological polar surface area (TPSA) is 88.9 Å². The highest BCUT2D eigenvalue weighted by molar-refractivity contribution is 7.99. The Kier molecular flexibility index (Phi) is 7.53. The molecule has 30 heavy (non-hydrogen) atoms. The summed E-state index contributed by atoms with van der Waals surface area (Å²) in [6.07, 6.45) is 1.99. The molecule has 0 aliphatic rings. The van der Waals surface area contributed by atoms with Gasteiger partial charge in [-0.3, -0.25) is 9.59 Å². The first-order valence-corrected chi connectivity index (χ1v) is 11.5. The molecule has 9 heteroatoms. The molecule has 2 amide bonds. The maximum atomic E-state index is 12.4. The third kappa shape index (κ3) is 5.64. The Morgan fingerprint density at radius 1 is 1.10 bits per heavy atom. The SMILES string of the molecule is CSc1cccc(NC(=O)CSc2nnc([C@H](C)NC(=O)c3ccccc3)n2C)c1. The Morgan fingerprint density at radius 2 is 1.87 bits per heavy atom. The average molecular weight is 442 g/mol. The van der Waals surface area contributed by atoms with Crippen LogP contribution in [0.1, 0.15) is 29.1 Å². The van der Waals surface area contributed by atoms with Gasteiger partial charge in [0, 0.05) is 23.2 Å². The molecule has 0 radical (unpaired) electrons. The first-order valence-electron chi connectivity index (χ1n) is 9.30. The van der Waals surface area contributed by atoms with Gasteiger partial charge in [-0.25, -0.2) is 0 Å². The number of aromatic nitrogens is 3. The van der Waals surface area contributed by atoms with Crippen molar-refractivity contribution in [3.8, 4) is 0 Å². The van der Waals surface area contributed by atoms with Crippen LogP contribution >= 0.6 is 23.5 Å². The summed E-state index contributed by atoms with van der Waals surface area (Å²) < 4.78 is 1.79. The molecule has 1 aromatic heterocycles. The van der Waals surface area contributed by atoms with Gasteiger partial charge in [-0.2, -0.15) is 0 Å². The van der Waals surface area contributed by atoms with Crippen LogP contribution in [-0.4, -0.2) is 38.6 Å². The van der Waals surface area contributed by atoms with Gasteiger partial charge in [0.1, 0.15) is 0 Å². The van der Waals surface area contributed by atoms with Gasteiger partial charge in [0.15, 0.2) is 11.0 Å². The molecule has 2 N–H and O–H groups in total. The zero-order chi connectivity index (χ0) is 21.5. The van der Waals surface area contributed by atoms with Gasteiger partial charge in [0.25, 0.3) is 5.91 Å². The van der Waals surface area contributed by atoms with Crippen LogP contribution < -0.4 is 10.6 Å². The van der Waals surface area contributed by atoms with E-state index in [1.54, 1.807) is 28.5 Å². The van der Waals surface area contributed by atoms with E-state index in [-0.39, 0.29) is 23.6 Å². The fourth-order valence-electron chi connectivity index (χ4n) is 2.79. The molecule has 0 fully saturated rings. The van der Waals surface area contributed by atoms with Crippen molar-refractivity contribution in [2.75, 3.05) is 17.3 Å². The Balaban J connectivity index is 1.56. The van der Waals surface area contributed by atoms with E-state index in [9.17, 15) is 9.59 Å². The maximum absolute atomic E-state index is 12.4. The highest BCUT2D eigenvalue weighted by atomic mass is 32.2. The van der Waals surface area contributed by atoms with E-state index in [0.717, 1.165) is 10.6 Å². The number of nitrogens with zero attached hydrogens (tertiary/aromatic N) is 3. The second-order valence-electron chi connectivity index (χ2n) is 6.53. The van der Waals surface area contributed by atoms with Crippen molar-refractivity contribution in [1.29, 1.82) is 0 Å². The number of thioether (sulfide) groups is 2. The molecule has 3 aromatic rings. The minimum Gasteiger partial charge on any atom is -0.342 e. The van der Waals surface area contributed by atoms with Gasteiger partial charge in [0.2, 0.25) is 5.91 Å². The van der Waals surface area contributed by atoms with E-state index in [1.807, 2.05) is 62.7 Å². The smallest absolute Gasteiger partial charge is 0.251 e. The van der Waals surface area contributed by atoms with Crippen molar-refractivity contribution in [1.82, 2.24) is 20.1 Å². The summed E-state index contributed by atoms with van der Waals surface area (Å²) in [5.74, 6) is 0.537. The standard InChI is InChI=1S/C21H23N5O2S2/c1-14(22-20(28)15-8-5-4-6-9-15)19-24-25-21(26(19)2)30-13-18(27)23-16-10-7-11-17(12-16)29-3/h4-12,14H,13H2,1-3H3,(H,22,28)(H,23,27)/t14-/m0/s1. The Hall–Kier alpha value is -2.78. The molecule has 0 unspecified atom stereocenters. The molecular weight excluding hydrogens is 418 g/mol. The Labute approximate surface area is 184 Å². The van der Waals surface area contributed by atoms with Crippen molar-refractivity contribution in [2.45, 2.75) is 23.0 Å². The molecule has 0 saturated carbocycles. The number of amides is 2. The fourth-order valence-corrected chi connectivity index (χ4v) is 3.97. The van der Waals surface area contributed by atoms with Crippen molar-refractivity contribution in [3.05, 3.63) is 66.0 Å². The molecule has 3 rings (SSSR count). The lowest BCUT2D eigenvalue weighted by Gasteiger charge is -2.13. The van der Waals surface area contributed by atoms with Gasteiger partial charge < -0.3 is 15.2 Å². The number of hydrogen-bond acceptors (Lipinski definition) is 6. The summed E-state index contributed by atoms with van der Waals surface area (Å²) in [7, 11) is 1.82. The van der Waals surface area contributed by atoms with Crippen LogP contribution in [-0.2, 0) is 11.8 Å². The molecule has 2 aromatic carbocycles. The van der Waals surface area contributed by atoms with Crippen molar-refractivity contribution in [2.24, 2.45) is 7.05 Å². The lowest BCUT2D eigenvalue weighted by molar-refractivity contribution is -0.113. The van der Waals surface area contributed by atoms with Crippen molar-refractivity contribution in [3.63, 3.8) is 0 Å². The summed E-state index contributed by atoms with van der Waals surface area (Å²) in [6, 6.07) is 16.4. The van der Waals surface area contributed by atoms with Crippen molar-refractivity contribution < 1.29 is 9.59 Å². The third-order valence-corrected chi connectivity index (χ3v) is 6.07. The molecule has 1 atom stereocenters. The van der Waals surface area contributed by atoms with Crippen LogP contribution in [0.15, 0.2) is 64.6 Å². The molecule has 156 valence electrons. The van der Waals surface area contributed by atoms with Gasteiger partial charge in [-0.05, 0) is 43.5 Å². The van der Waals surface area contributed by atoms with Crippen LogP contribution in [0.4, 0.5) is 5.69 Å². The maximum Gasteiger partial charge on any atom is 0.251 e. The number of nitrogens with one attached hydrogen (secondary N) is 2. The van der Waals surface area contributed by atoms with E-state index in [0.29, 0.717) is 16.5 Å². The van der Waals surface area contributed by atoms with Gasteiger partial charge in [-0.1, -0.05) is 36.0 Å². The summed E-state index contributed by atoms with van der Waals surface area (Å²) in [4.78, 5) is 25.7. The summed E-state index contributed by atoms with van der Waals surface area (Å²) in [5, 5.41) is 14.8. The van der Waals surface area contributed by atoms with E-state index >= 15 is 0 Å². The second-order valence-corrected chi connectivity index (χ2v) is 8.35. The number of benzene rings is 2. The minimum atomic E-state index is -0.326. The summed E-state index contributed by atoms with van der Waals surface area (Å²) in [5.41, 5.74) is 1.35. The summed E-state index contributed by atoms with van der Waals surface area (Å²) >= 11 is 2.92. The third-order valence-electron chi connectivity index (χ3n) is 4.33. The van der Waals surface area contributed by atoms with E-state index in [1.165, 1.54) is 11.8 Å². The predicted molar refractivity (Wildman–Crippen MR) is 121 cm³/mol. The first kappa shape index (κ1) is 21.9. The molecule has 0 spiro atoms. The molecule has 0 aliphatic carbocycles. The highest BCUT2D eigenvalue weighted by Crippen LogP contribution is 2.21. The normalized spacial score (nSPS) is 11.7. The Bertz CT molecular complexity index is 1020. The fraction of sp³-hybridized carbons (Fsp3) is 0.238. The second kappa shape index (κ2) is 10.3. The molecule has 0 saturated heterocycles. The number of hydrogen-bond donors (Lipinski definition) is 2. The van der Waals surface area contributed by atoms with Crippen LogP contribution in [0, 0.1) is 0 Å². The predicted octanol–water partition coefficient (Wildman–Crippen LogP) is 3.76. The molecule has 0 bridgehead atoms. The lowest BCUT2D eigenvalue weighted by Crippen LogP contribution is -2.28. The Morgan fingerprint density at radius 3 is 2.60 bits per heavy atom. The van der Waals surface area contributed by atoms with E-state index in [2.05, 4.69) is 20.8 Å². The number of anilines is 1. The van der Waals surface area contributed by atoms with Crippen LogP contribution in [0.5, 0.6) is 0 Å². The molecule has 7 nitrogen and oxygen atoms in total. The molecule has 1 heterocycles. The van der Waals surface area contributed by atoms with E-state index < -0.39 is 0 Å². The monoisotopic (exact) mass is 441 g/mol. The van der Waals surface area contributed by atoms with Crippen LogP contribution in [0.25, 0.3) is 0 Å². The van der Waals surface area contributed by atoms with E-state index in [4.69, 9.17) is 0 Å². The zero-order valence-corrected chi connectivity index (χ0v) is 18.6. The van der Waals surface area contributed by atoms with Crippen molar-refractivity contribution >= 4 is 41.0 Å². The largest absolute Gasteiger partial charge is 0.342 e. The minimum absolute atomic E-state index is 0.117. The van der Waals surface area contributed by atoms with Crippen LogP contribution in [0.2, 0.25) is 0 Å². The van der Waals surface area contributed by atoms with Gasteiger partial charge in [0.05, 0.1) is 11.8 Å². The number of carbonyl (C=O) groups is 2. The highest BCUT2D eigenvalue weighted by Gasteiger charge is 2.19. The molecular formula is C21H23N5O2S2. The number of carbonyl (C=O) groups excluding carboxylic acids is 2. The summed E-state index contributed by atoms with van der Waals surface area (Å²) in [6.45, 7) is 1.85. The number of rotatable bonds is 8. The first-order chi connectivity index (χ1) is 14.5. The van der Waals surface area contributed by atoms with Gasteiger partial charge >= 0.3 is 0 Å². The molecule has 0 aliphatic heterocycles. The zero-order valence-electron chi connectivity index (χ0n) is 17.0. The van der Waals surface area contributed by atoms with Gasteiger partial charge in [-0.15, -0.1) is 22.0 Å². The quantitative estimate of drug-likeness (QED) is 0.518. The average Bonchev–Trinajstić information content (AvgIpc) is 3.13.